The maximum atomic E-state index is 13.6. The normalized spacial score (nSPS) is 19.5. The van der Waals surface area contributed by atoms with Crippen molar-refractivity contribution in [1.29, 1.82) is 0 Å². The van der Waals surface area contributed by atoms with Gasteiger partial charge in [0.25, 0.3) is 0 Å². The Balaban J connectivity index is 1.39. The summed E-state index contributed by atoms with van der Waals surface area (Å²) in [6, 6.07) is 5.94. The zero-order valence-corrected chi connectivity index (χ0v) is 18.1. The highest BCUT2D eigenvalue weighted by Crippen LogP contribution is 2.35. The molecule has 0 aromatic carbocycles. The first kappa shape index (κ1) is 19.5. The van der Waals surface area contributed by atoms with E-state index in [1.807, 2.05) is 104 Å². The standard InChI is InChI=1S/C26H22N6O/c1-30-16-20(13-28-30)19-12-23-24(10-9-18-6-2-3-7-22(18)26(23)33)32(17-19)29-15-21-14-27-25-8-4-5-11-31(21)25/h2-14,16-17,22,29H,15H2,1H3. The van der Waals surface area contributed by atoms with Crippen LogP contribution in [0.25, 0.3) is 11.2 Å². The van der Waals surface area contributed by atoms with Crippen LogP contribution >= 0.6 is 0 Å². The minimum atomic E-state index is -0.274. The summed E-state index contributed by atoms with van der Waals surface area (Å²) in [6.07, 6.45) is 23.5. The molecule has 33 heavy (non-hydrogen) atoms. The lowest BCUT2D eigenvalue weighted by atomic mass is 9.86. The van der Waals surface area contributed by atoms with Crippen LogP contribution in [0.5, 0.6) is 0 Å². The number of nitrogens with one attached hydrogen (secondary N) is 1. The number of fused-ring (bicyclic) bond motifs is 3. The average molecular weight is 435 g/mol. The zero-order chi connectivity index (χ0) is 22.4. The van der Waals surface area contributed by atoms with E-state index in [4.69, 9.17) is 0 Å². The van der Waals surface area contributed by atoms with Crippen LogP contribution in [-0.4, -0.2) is 30.0 Å². The van der Waals surface area contributed by atoms with Crippen molar-refractivity contribution in [2.24, 2.45) is 13.0 Å². The Hall–Kier alpha value is -4.23. The third-order valence-corrected chi connectivity index (χ3v) is 6.11. The maximum absolute atomic E-state index is 13.6. The molecule has 162 valence electrons. The second-order valence-electron chi connectivity index (χ2n) is 8.23. The Morgan fingerprint density at radius 1 is 1.15 bits per heavy atom. The molecule has 0 bridgehead atoms. The van der Waals surface area contributed by atoms with Crippen molar-refractivity contribution in [2.75, 3.05) is 0 Å². The Kier molecular flexibility index (Phi) is 4.55. The molecule has 6 rings (SSSR count). The monoisotopic (exact) mass is 434 g/mol. The molecule has 0 amide bonds. The first-order chi connectivity index (χ1) is 16.2. The molecule has 1 unspecified atom stereocenters. The average Bonchev–Trinajstić information content (AvgIpc) is 3.43. The van der Waals surface area contributed by atoms with Crippen LogP contribution in [0, 0.1) is 5.92 Å². The van der Waals surface area contributed by atoms with Gasteiger partial charge in [-0.3, -0.25) is 14.5 Å². The van der Waals surface area contributed by atoms with Crippen LogP contribution in [0.4, 0.5) is 0 Å². The number of imidazole rings is 1. The van der Waals surface area contributed by atoms with Gasteiger partial charge in [0.15, 0.2) is 5.78 Å². The Bertz CT molecular complexity index is 1460. The quantitative estimate of drug-likeness (QED) is 0.681. The van der Waals surface area contributed by atoms with E-state index >= 15 is 0 Å². The molecule has 3 aromatic rings. The summed E-state index contributed by atoms with van der Waals surface area (Å²) in [7, 11) is 1.89. The van der Waals surface area contributed by atoms with Crippen molar-refractivity contribution in [1.82, 2.24) is 29.6 Å². The van der Waals surface area contributed by atoms with Crippen LogP contribution in [0.3, 0.4) is 0 Å². The number of carbonyl (C=O) groups excluding carboxylic acids is 1. The summed E-state index contributed by atoms with van der Waals surface area (Å²) in [5.41, 5.74) is 9.79. The van der Waals surface area contributed by atoms with Gasteiger partial charge in [0, 0.05) is 42.4 Å². The number of aromatic nitrogens is 4. The van der Waals surface area contributed by atoms with Crippen LogP contribution in [-0.2, 0) is 18.4 Å². The lowest BCUT2D eigenvalue weighted by Gasteiger charge is -2.30. The SMILES string of the molecule is Cn1cc(C2=CN(NCc3cnc4ccccn34)C3=CC=C4C=CC=CC4C(=O)C3=C2)cn1. The van der Waals surface area contributed by atoms with Crippen LogP contribution in [0.15, 0.2) is 109 Å². The second-order valence-corrected chi connectivity index (χ2v) is 8.23. The molecular weight excluding hydrogens is 412 g/mol. The minimum Gasteiger partial charge on any atom is -0.303 e. The predicted molar refractivity (Wildman–Crippen MR) is 126 cm³/mol. The fourth-order valence-corrected chi connectivity index (χ4v) is 4.41. The zero-order valence-electron chi connectivity index (χ0n) is 18.1. The van der Waals surface area contributed by atoms with Crippen molar-refractivity contribution < 1.29 is 4.79 Å². The molecule has 7 nitrogen and oxygen atoms in total. The molecule has 4 heterocycles. The third-order valence-electron chi connectivity index (χ3n) is 6.11. The van der Waals surface area contributed by atoms with Crippen molar-refractivity contribution >= 4 is 17.0 Å². The summed E-state index contributed by atoms with van der Waals surface area (Å²) < 4.78 is 3.82. The van der Waals surface area contributed by atoms with Gasteiger partial charge in [-0.25, -0.2) is 10.4 Å². The van der Waals surface area contributed by atoms with Crippen LogP contribution in [0.2, 0.25) is 0 Å². The Morgan fingerprint density at radius 2 is 2.09 bits per heavy atom. The van der Waals surface area contributed by atoms with E-state index in [0.717, 1.165) is 33.7 Å². The third kappa shape index (κ3) is 3.39. The smallest absolute Gasteiger partial charge is 0.176 e. The number of aryl methyl sites for hydroxylation is 1. The number of hydrazine groups is 1. The van der Waals surface area contributed by atoms with Gasteiger partial charge in [-0.2, -0.15) is 5.10 Å². The number of allylic oxidation sites excluding steroid dienone is 10. The lowest BCUT2D eigenvalue weighted by Crippen LogP contribution is -2.36. The van der Waals surface area contributed by atoms with Gasteiger partial charge in [0.1, 0.15) is 5.65 Å². The number of pyridine rings is 1. The molecule has 3 aromatic heterocycles. The maximum Gasteiger partial charge on any atom is 0.176 e. The predicted octanol–water partition coefficient (Wildman–Crippen LogP) is 3.49. The molecule has 1 N–H and O–H groups in total. The number of hydrogen-bond donors (Lipinski definition) is 1. The number of carbonyl (C=O) groups is 1. The van der Waals surface area contributed by atoms with Gasteiger partial charge in [0.05, 0.1) is 36.2 Å². The summed E-state index contributed by atoms with van der Waals surface area (Å²) in [5, 5.41) is 6.25. The van der Waals surface area contributed by atoms with Gasteiger partial charge in [-0.05, 0) is 29.9 Å². The first-order valence-corrected chi connectivity index (χ1v) is 10.8. The van der Waals surface area contributed by atoms with Crippen LogP contribution < -0.4 is 5.43 Å². The molecule has 0 radical (unpaired) electrons. The number of rotatable bonds is 4. The van der Waals surface area contributed by atoms with E-state index < -0.39 is 0 Å². The van der Waals surface area contributed by atoms with Crippen molar-refractivity contribution in [3.8, 4) is 0 Å². The van der Waals surface area contributed by atoms with Crippen molar-refractivity contribution in [3.05, 3.63) is 120 Å². The van der Waals surface area contributed by atoms with E-state index in [2.05, 4.69) is 19.9 Å². The Morgan fingerprint density at radius 3 is 2.97 bits per heavy atom. The van der Waals surface area contributed by atoms with Gasteiger partial charge in [-0.1, -0.05) is 36.4 Å². The van der Waals surface area contributed by atoms with E-state index in [-0.39, 0.29) is 11.7 Å². The number of nitrogens with zero attached hydrogens (tertiary/aromatic N) is 5. The number of hydrogen-bond acceptors (Lipinski definition) is 5. The largest absolute Gasteiger partial charge is 0.303 e. The molecule has 1 aliphatic heterocycles. The number of ketones is 1. The van der Waals surface area contributed by atoms with Crippen LogP contribution in [0.1, 0.15) is 11.3 Å². The van der Waals surface area contributed by atoms with Gasteiger partial charge in [0.2, 0.25) is 0 Å². The number of Topliss-reactive ketones (excluding diaryl/α,β-unsaturated/α-hetero) is 1. The molecule has 7 heteroatoms. The summed E-state index contributed by atoms with van der Waals surface area (Å²) in [4.78, 5) is 18.1. The first-order valence-electron chi connectivity index (χ1n) is 10.8. The van der Waals surface area contributed by atoms with Gasteiger partial charge in [-0.15, -0.1) is 0 Å². The van der Waals surface area contributed by atoms with E-state index in [1.165, 1.54) is 0 Å². The summed E-state index contributed by atoms with van der Waals surface area (Å²) in [6.45, 7) is 0.542. The van der Waals surface area contributed by atoms with E-state index in [9.17, 15) is 4.79 Å². The molecule has 0 saturated carbocycles. The molecule has 0 spiro atoms. The molecule has 0 fully saturated rings. The van der Waals surface area contributed by atoms with Crippen molar-refractivity contribution in [2.45, 2.75) is 6.54 Å². The molecule has 1 atom stereocenters. The Labute approximate surface area is 191 Å². The summed E-state index contributed by atoms with van der Waals surface area (Å²) >= 11 is 0. The highest BCUT2D eigenvalue weighted by Gasteiger charge is 2.32. The highest BCUT2D eigenvalue weighted by atomic mass is 16.1. The van der Waals surface area contributed by atoms with E-state index in [1.54, 1.807) is 4.68 Å². The molecular formula is C26H22N6O. The topological polar surface area (TPSA) is 67.5 Å². The van der Waals surface area contributed by atoms with Gasteiger partial charge >= 0.3 is 0 Å². The second kappa shape index (κ2) is 7.72. The summed E-state index contributed by atoms with van der Waals surface area (Å²) in [5.74, 6) is -0.189. The molecule has 2 aliphatic carbocycles. The highest BCUT2D eigenvalue weighted by molar-refractivity contribution is 6.07. The molecule has 3 aliphatic rings. The fraction of sp³-hybridized carbons (Fsp3) is 0.115. The van der Waals surface area contributed by atoms with Gasteiger partial charge < -0.3 is 4.40 Å². The van der Waals surface area contributed by atoms with E-state index in [0.29, 0.717) is 12.1 Å². The molecule has 0 saturated heterocycles. The fourth-order valence-electron chi connectivity index (χ4n) is 4.41. The lowest BCUT2D eigenvalue weighted by molar-refractivity contribution is -0.116. The minimum absolute atomic E-state index is 0.0849. The van der Waals surface area contributed by atoms with Crippen molar-refractivity contribution in [3.63, 3.8) is 0 Å².